The Bertz CT molecular complexity index is 1010. The number of nitrogens with zero attached hydrogens (tertiary/aromatic N) is 2. The number of para-hydroxylation sites is 1. The third-order valence-electron chi connectivity index (χ3n) is 3.99. The minimum Gasteiger partial charge on any atom is -0.472 e. The summed E-state index contributed by atoms with van der Waals surface area (Å²) in [4.78, 5) is 12.7. The van der Waals surface area contributed by atoms with Crippen molar-refractivity contribution in [3.8, 4) is 17.1 Å². The first-order valence-corrected chi connectivity index (χ1v) is 8.22. The molecule has 26 heavy (non-hydrogen) atoms. The van der Waals surface area contributed by atoms with Gasteiger partial charge < -0.3 is 14.2 Å². The highest BCUT2D eigenvalue weighted by atomic mass is 16.3. The van der Waals surface area contributed by atoms with Crippen LogP contribution in [0.25, 0.3) is 17.1 Å². The highest BCUT2D eigenvalue weighted by molar-refractivity contribution is 5.99. The summed E-state index contributed by atoms with van der Waals surface area (Å²) in [5.41, 5.74) is 2.72. The summed E-state index contributed by atoms with van der Waals surface area (Å²) >= 11 is 0. The monoisotopic (exact) mass is 347 g/mol. The van der Waals surface area contributed by atoms with Gasteiger partial charge in [-0.1, -0.05) is 18.2 Å². The highest BCUT2D eigenvalue weighted by Gasteiger charge is 2.20. The summed E-state index contributed by atoms with van der Waals surface area (Å²) in [6.45, 7) is 2.23. The molecule has 1 amide bonds. The molecule has 6 nitrogen and oxygen atoms in total. The van der Waals surface area contributed by atoms with Gasteiger partial charge in [-0.05, 0) is 37.3 Å². The van der Waals surface area contributed by atoms with E-state index in [9.17, 15) is 4.79 Å². The molecule has 0 fully saturated rings. The molecule has 0 aliphatic carbocycles. The molecule has 0 unspecified atom stereocenters. The van der Waals surface area contributed by atoms with Crippen molar-refractivity contribution in [3.05, 3.63) is 84.1 Å². The molecular formula is C20H17N3O3. The van der Waals surface area contributed by atoms with E-state index in [4.69, 9.17) is 8.83 Å². The average molecular weight is 347 g/mol. The molecule has 0 bridgehead atoms. The molecule has 6 heteroatoms. The molecule has 0 spiro atoms. The number of benzene rings is 1. The van der Waals surface area contributed by atoms with E-state index in [0.717, 1.165) is 17.0 Å². The first-order valence-electron chi connectivity index (χ1n) is 8.22. The number of amides is 1. The Labute approximate surface area is 150 Å². The Kier molecular flexibility index (Phi) is 4.15. The Hall–Kier alpha value is -3.54. The SMILES string of the molecule is Cc1ccc(-c2nn(-c3ccccc3)cc2C(=O)NCc2ccoc2)o1. The topological polar surface area (TPSA) is 73.2 Å². The number of nitrogens with one attached hydrogen (secondary N) is 1. The fourth-order valence-corrected chi connectivity index (χ4v) is 2.67. The number of furan rings is 2. The van der Waals surface area contributed by atoms with Crippen LogP contribution in [0.1, 0.15) is 21.7 Å². The second-order valence-electron chi connectivity index (χ2n) is 5.90. The van der Waals surface area contributed by atoms with Crippen molar-refractivity contribution in [2.45, 2.75) is 13.5 Å². The molecule has 3 aromatic heterocycles. The van der Waals surface area contributed by atoms with Crippen molar-refractivity contribution in [2.24, 2.45) is 0 Å². The molecule has 0 saturated carbocycles. The summed E-state index contributed by atoms with van der Waals surface area (Å²) in [7, 11) is 0. The predicted octanol–water partition coefficient (Wildman–Crippen LogP) is 3.96. The quantitative estimate of drug-likeness (QED) is 0.593. The van der Waals surface area contributed by atoms with Gasteiger partial charge in [0.15, 0.2) is 5.76 Å². The summed E-state index contributed by atoms with van der Waals surface area (Å²) in [5.74, 6) is 1.10. The summed E-state index contributed by atoms with van der Waals surface area (Å²) < 4.78 is 12.4. The maximum atomic E-state index is 12.7. The van der Waals surface area contributed by atoms with Gasteiger partial charge >= 0.3 is 0 Å². The average Bonchev–Trinajstić information content (AvgIpc) is 3.40. The fraction of sp³-hybridized carbons (Fsp3) is 0.100. The number of hydrogen-bond donors (Lipinski definition) is 1. The molecule has 0 radical (unpaired) electrons. The molecule has 3 heterocycles. The fourth-order valence-electron chi connectivity index (χ4n) is 2.67. The van der Waals surface area contributed by atoms with E-state index >= 15 is 0 Å². The zero-order valence-electron chi connectivity index (χ0n) is 14.2. The molecule has 1 aromatic carbocycles. The predicted molar refractivity (Wildman–Crippen MR) is 95.9 cm³/mol. The lowest BCUT2D eigenvalue weighted by molar-refractivity contribution is 0.0951. The third kappa shape index (κ3) is 3.17. The smallest absolute Gasteiger partial charge is 0.255 e. The molecule has 1 N–H and O–H groups in total. The largest absolute Gasteiger partial charge is 0.472 e. The van der Waals surface area contributed by atoms with Crippen LogP contribution in [-0.2, 0) is 6.54 Å². The van der Waals surface area contributed by atoms with Gasteiger partial charge in [-0.3, -0.25) is 4.79 Å². The van der Waals surface area contributed by atoms with Gasteiger partial charge in [-0.25, -0.2) is 4.68 Å². The maximum Gasteiger partial charge on any atom is 0.255 e. The molecule has 0 aliphatic rings. The Morgan fingerprint density at radius 1 is 1.15 bits per heavy atom. The minimum absolute atomic E-state index is 0.225. The van der Waals surface area contributed by atoms with Crippen LogP contribution in [0.4, 0.5) is 0 Å². The number of carbonyl (C=O) groups is 1. The lowest BCUT2D eigenvalue weighted by Gasteiger charge is -2.02. The van der Waals surface area contributed by atoms with Crippen LogP contribution in [-0.4, -0.2) is 15.7 Å². The van der Waals surface area contributed by atoms with Crippen molar-refractivity contribution < 1.29 is 13.6 Å². The van der Waals surface area contributed by atoms with Gasteiger partial charge in [0.25, 0.3) is 5.91 Å². The molecule has 4 rings (SSSR count). The number of hydrogen-bond acceptors (Lipinski definition) is 4. The number of aryl methyl sites for hydroxylation is 1. The van der Waals surface area contributed by atoms with Gasteiger partial charge in [-0.2, -0.15) is 5.10 Å². The summed E-state index contributed by atoms with van der Waals surface area (Å²) in [5, 5.41) is 7.46. The Morgan fingerprint density at radius 3 is 2.69 bits per heavy atom. The van der Waals surface area contributed by atoms with Gasteiger partial charge in [0, 0.05) is 18.3 Å². The molecule has 0 saturated heterocycles. The van der Waals surface area contributed by atoms with Crippen molar-refractivity contribution in [1.82, 2.24) is 15.1 Å². The molecule has 130 valence electrons. The third-order valence-corrected chi connectivity index (χ3v) is 3.99. The minimum atomic E-state index is -0.225. The van der Waals surface area contributed by atoms with Gasteiger partial charge in [-0.15, -0.1) is 0 Å². The molecule has 0 aliphatic heterocycles. The molecular weight excluding hydrogens is 330 g/mol. The van der Waals surface area contributed by atoms with E-state index in [1.807, 2.05) is 55.5 Å². The van der Waals surface area contributed by atoms with Crippen LogP contribution < -0.4 is 5.32 Å². The zero-order chi connectivity index (χ0) is 17.9. The summed E-state index contributed by atoms with van der Waals surface area (Å²) in [6, 6.07) is 15.1. The lowest BCUT2D eigenvalue weighted by atomic mass is 10.2. The van der Waals surface area contributed by atoms with E-state index in [-0.39, 0.29) is 5.91 Å². The van der Waals surface area contributed by atoms with Crippen LogP contribution in [0.15, 0.2) is 76.1 Å². The van der Waals surface area contributed by atoms with Crippen LogP contribution in [0.5, 0.6) is 0 Å². The van der Waals surface area contributed by atoms with Crippen molar-refractivity contribution in [2.75, 3.05) is 0 Å². The maximum absolute atomic E-state index is 12.7. The lowest BCUT2D eigenvalue weighted by Crippen LogP contribution is -2.22. The first kappa shape index (κ1) is 16.0. The van der Waals surface area contributed by atoms with E-state index in [1.54, 1.807) is 23.4 Å². The van der Waals surface area contributed by atoms with E-state index in [0.29, 0.717) is 23.6 Å². The van der Waals surface area contributed by atoms with Crippen LogP contribution in [0.2, 0.25) is 0 Å². The van der Waals surface area contributed by atoms with Crippen molar-refractivity contribution in [3.63, 3.8) is 0 Å². The Morgan fingerprint density at radius 2 is 2.00 bits per heavy atom. The van der Waals surface area contributed by atoms with Gasteiger partial charge in [0.2, 0.25) is 0 Å². The van der Waals surface area contributed by atoms with Crippen LogP contribution in [0, 0.1) is 6.92 Å². The van der Waals surface area contributed by atoms with Crippen molar-refractivity contribution >= 4 is 5.91 Å². The van der Waals surface area contributed by atoms with Gasteiger partial charge in [0.1, 0.15) is 11.5 Å². The summed E-state index contributed by atoms with van der Waals surface area (Å²) in [6.07, 6.45) is 4.89. The van der Waals surface area contributed by atoms with E-state index in [2.05, 4.69) is 10.4 Å². The second kappa shape index (κ2) is 6.76. The van der Waals surface area contributed by atoms with E-state index in [1.165, 1.54) is 0 Å². The number of aromatic nitrogens is 2. The van der Waals surface area contributed by atoms with E-state index < -0.39 is 0 Å². The molecule has 4 aromatic rings. The second-order valence-corrected chi connectivity index (χ2v) is 5.90. The Balaban J connectivity index is 1.69. The van der Waals surface area contributed by atoms with Gasteiger partial charge in [0.05, 0.1) is 23.8 Å². The molecule has 0 atom stereocenters. The van der Waals surface area contributed by atoms with Crippen LogP contribution >= 0.6 is 0 Å². The number of rotatable bonds is 5. The highest BCUT2D eigenvalue weighted by Crippen LogP contribution is 2.25. The first-order chi connectivity index (χ1) is 12.7. The zero-order valence-corrected chi connectivity index (χ0v) is 14.2. The normalized spacial score (nSPS) is 10.8. The van der Waals surface area contributed by atoms with Crippen molar-refractivity contribution in [1.29, 1.82) is 0 Å². The standard InChI is InChI=1S/C20H17N3O3/c1-14-7-8-18(26-14)19-17(20(24)21-11-15-9-10-25-13-15)12-23(22-19)16-5-3-2-4-6-16/h2-10,12-13H,11H2,1H3,(H,21,24). The van der Waals surface area contributed by atoms with Crippen LogP contribution in [0.3, 0.4) is 0 Å². The number of carbonyl (C=O) groups excluding carboxylic acids is 1.